The molecule has 0 aliphatic rings. The first-order valence-corrected chi connectivity index (χ1v) is 5.10. The molecule has 0 spiro atoms. The van der Waals surface area contributed by atoms with Gasteiger partial charge in [0.25, 0.3) is 0 Å². The molecule has 0 atom stereocenters. The second-order valence-corrected chi connectivity index (χ2v) is 4.09. The van der Waals surface area contributed by atoms with E-state index in [0.29, 0.717) is 11.7 Å². The van der Waals surface area contributed by atoms with Crippen LogP contribution in [0.1, 0.15) is 20.3 Å². The van der Waals surface area contributed by atoms with Gasteiger partial charge in [-0.1, -0.05) is 26.0 Å². The average Bonchev–Trinajstić information content (AvgIpc) is 2.15. The van der Waals surface area contributed by atoms with Gasteiger partial charge < -0.3 is 10.0 Å². The van der Waals surface area contributed by atoms with Gasteiger partial charge in [-0.2, -0.15) is 0 Å². The molecule has 0 fully saturated rings. The van der Waals surface area contributed by atoms with Crippen molar-refractivity contribution in [1.82, 2.24) is 0 Å². The molecule has 0 radical (unpaired) electrons. The van der Waals surface area contributed by atoms with Crippen molar-refractivity contribution in [2.24, 2.45) is 5.92 Å². The first-order chi connectivity index (χ1) is 6.61. The Bertz CT molecular complexity index is 283. The van der Waals surface area contributed by atoms with E-state index in [1.165, 1.54) is 0 Å². The fraction of sp³-hybridized carbons (Fsp3) is 0.500. The van der Waals surface area contributed by atoms with Crippen LogP contribution in [-0.4, -0.2) is 18.7 Å². The third-order valence-corrected chi connectivity index (χ3v) is 2.33. The van der Waals surface area contributed by atoms with E-state index in [4.69, 9.17) is 0 Å². The zero-order valence-electron chi connectivity index (χ0n) is 9.20. The second kappa shape index (κ2) is 4.89. The Morgan fingerprint density at radius 2 is 1.93 bits per heavy atom. The Morgan fingerprint density at radius 1 is 1.29 bits per heavy atom. The van der Waals surface area contributed by atoms with E-state index in [-0.39, 0.29) is 0 Å². The van der Waals surface area contributed by atoms with E-state index in [1.54, 1.807) is 6.07 Å². The topological polar surface area (TPSA) is 23.5 Å². The molecule has 0 amide bonds. The van der Waals surface area contributed by atoms with E-state index >= 15 is 0 Å². The Kier molecular flexibility index (Phi) is 3.81. The van der Waals surface area contributed by atoms with Gasteiger partial charge in [-0.15, -0.1) is 0 Å². The van der Waals surface area contributed by atoms with Crippen LogP contribution in [0.3, 0.4) is 0 Å². The summed E-state index contributed by atoms with van der Waals surface area (Å²) < 4.78 is 0. The van der Waals surface area contributed by atoms with E-state index in [2.05, 4.69) is 18.7 Å². The molecule has 14 heavy (non-hydrogen) atoms. The average molecular weight is 193 g/mol. The maximum Gasteiger partial charge on any atom is 0.138 e. The number of hydrogen-bond acceptors (Lipinski definition) is 2. The highest BCUT2D eigenvalue weighted by atomic mass is 16.3. The number of anilines is 1. The van der Waals surface area contributed by atoms with E-state index in [0.717, 1.165) is 18.7 Å². The summed E-state index contributed by atoms with van der Waals surface area (Å²) in [6.45, 7) is 5.40. The lowest BCUT2D eigenvalue weighted by Crippen LogP contribution is -2.19. The fourth-order valence-electron chi connectivity index (χ4n) is 1.36. The molecule has 0 unspecified atom stereocenters. The summed E-state index contributed by atoms with van der Waals surface area (Å²) >= 11 is 0. The summed E-state index contributed by atoms with van der Waals surface area (Å²) in [5.74, 6) is 1.06. The monoisotopic (exact) mass is 193 g/mol. The van der Waals surface area contributed by atoms with Crippen molar-refractivity contribution in [2.45, 2.75) is 20.3 Å². The van der Waals surface area contributed by atoms with Crippen molar-refractivity contribution in [3.05, 3.63) is 24.3 Å². The van der Waals surface area contributed by atoms with Crippen LogP contribution in [0.2, 0.25) is 0 Å². The van der Waals surface area contributed by atoms with Crippen LogP contribution < -0.4 is 4.90 Å². The standard InChI is InChI=1S/C12H19NO/c1-10(2)8-9-13(3)11-6-4-5-7-12(11)14/h4-7,10,14H,8-9H2,1-3H3. The predicted octanol–water partition coefficient (Wildman–Crippen LogP) is 2.87. The van der Waals surface area contributed by atoms with Crippen LogP contribution in [0, 0.1) is 5.92 Å². The molecule has 1 N–H and O–H groups in total. The van der Waals surface area contributed by atoms with E-state index < -0.39 is 0 Å². The summed E-state index contributed by atoms with van der Waals surface area (Å²) in [6, 6.07) is 7.45. The van der Waals surface area contributed by atoms with Crippen molar-refractivity contribution in [3.63, 3.8) is 0 Å². The second-order valence-electron chi connectivity index (χ2n) is 4.09. The largest absolute Gasteiger partial charge is 0.506 e. The zero-order valence-corrected chi connectivity index (χ0v) is 9.20. The van der Waals surface area contributed by atoms with Crippen LogP contribution in [0.15, 0.2) is 24.3 Å². The highest BCUT2D eigenvalue weighted by Gasteiger charge is 2.05. The zero-order chi connectivity index (χ0) is 10.6. The predicted molar refractivity (Wildman–Crippen MR) is 60.8 cm³/mol. The van der Waals surface area contributed by atoms with Crippen LogP contribution in [0.5, 0.6) is 5.75 Å². The normalized spacial score (nSPS) is 10.6. The molecule has 0 heterocycles. The number of nitrogens with zero attached hydrogens (tertiary/aromatic N) is 1. The van der Waals surface area contributed by atoms with Crippen LogP contribution in [0.4, 0.5) is 5.69 Å². The van der Waals surface area contributed by atoms with Crippen LogP contribution >= 0.6 is 0 Å². The molecule has 78 valence electrons. The molecule has 1 rings (SSSR count). The van der Waals surface area contributed by atoms with Crippen molar-refractivity contribution < 1.29 is 5.11 Å². The first kappa shape index (κ1) is 10.9. The van der Waals surface area contributed by atoms with Crippen molar-refractivity contribution in [3.8, 4) is 5.75 Å². The highest BCUT2D eigenvalue weighted by molar-refractivity contribution is 5.56. The Hall–Kier alpha value is -1.18. The minimum absolute atomic E-state index is 0.360. The molecule has 0 saturated carbocycles. The molecule has 2 nitrogen and oxygen atoms in total. The summed E-state index contributed by atoms with van der Waals surface area (Å²) in [7, 11) is 2.01. The summed E-state index contributed by atoms with van der Waals surface area (Å²) in [4.78, 5) is 2.09. The molecule has 1 aromatic rings. The van der Waals surface area contributed by atoms with Gasteiger partial charge in [-0.25, -0.2) is 0 Å². The lowest BCUT2D eigenvalue weighted by Gasteiger charge is -2.21. The van der Waals surface area contributed by atoms with Gasteiger partial charge in [0.2, 0.25) is 0 Å². The van der Waals surface area contributed by atoms with E-state index in [1.807, 2.05) is 25.2 Å². The van der Waals surface area contributed by atoms with Gasteiger partial charge in [0.05, 0.1) is 5.69 Å². The van der Waals surface area contributed by atoms with E-state index in [9.17, 15) is 5.11 Å². The minimum atomic E-state index is 0.360. The Morgan fingerprint density at radius 3 is 2.50 bits per heavy atom. The number of phenolic OH excluding ortho intramolecular Hbond substituents is 1. The number of phenols is 1. The smallest absolute Gasteiger partial charge is 0.138 e. The lowest BCUT2D eigenvalue weighted by molar-refractivity contribution is 0.473. The number of hydrogen-bond donors (Lipinski definition) is 1. The van der Waals surface area contributed by atoms with Crippen molar-refractivity contribution in [1.29, 1.82) is 0 Å². The van der Waals surface area contributed by atoms with Crippen molar-refractivity contribution >= 4 is 5.69 Å². The maximum atomic E-state index is 9.60. The third-order valence-electron chi connectivity index (χ3n) is 2.33. The third kappa shape index (κ3) is 2.95. The highest BCUT2D eigenvalue weighted by Crippen LogP contribution is 2.25. The van der Waals surface area contributed by atoms with Gasteiger partial charge in [0.1, 0.15) is 5.75 Å². The fourth-order valence-corrected chi connectivity index (χ4v) is 1.36. The van der Waals surface area contributed by atoms with Gasteiger partial charge in [0, 0.05) is 13.6 Å². The lowest BCUT2D eigenvalue weighted by atomic mass is 10.1. The van der Waals surface area contributed by atoms with Crippen LogP contribution in [0.25, 0.3) is 0 Å². The summed E-state index contributed by atoms with van der Waals surface area (Å²) in [5, 5.41) is 9.60. The van der Waals surface area contributed by atoms with Crippen LogP contribution in [-0.2, 0) is 0 Å². The number of aromatic hydroxyl groups is 1. The molecule has 2 heteroatoms. The molecule has 0 aliphatic carbocycles. The molecule has 0 bridgehead atoms. The number of rotatable bonds is 4. The first-order valence-electron chi connectivity index (χ1n) is 5.10. The van der Waals surface area contributed by atoms with Gasteiger partial charge in [0.15, 0.2) is 0 Å². The molecule has 1 aromatic carbocycles. The minimum Gasteiger partial charge on any atom is -0.506 e. The Balaban J connectivity index is 2.60. The van der Waals surface area contributed by atoms with Gasteiger partial charge >= 0.3 is 0 Å². The molecular formula is C12H19NO. The quantitative estimate of drug-likeness (QED) is 0.794. The molecule has 0 saturated heterocycles. The van der Waals surface area contributed by atoms with Gasteiger partial charge in [-0.3, -0.25) is 0 Å². The number of benzene rings is 1. The number of para-hydroxylation sites is 2. The van der Waals surface area contributed by atoms with Gasteiger partial charge in [-0.05, 0) is 24.5 Å². The Labute approximate surface area is 86.2 Å². The molecule has 0 aliphatic heterocycles. The molecular weight excluding hydrogens is 174 g/mol. The SMILES string of the molecule is CC(C)CCN(C)c1ccccc1O. The summed E-state index contributed by atoms with van der Waals surface area (Å²) in [6.07, 6.45) is 1.14. The summed E-state index contributed by atoms with van der Waals surface area (Å²) in [5.41, 5.74) is 0.910. The maximum absolute atomic E-state index is 9.60. The molecule has 0 aromatic heterocycles. The van der Waals surface area contributed by atoms with Crippen molar-refractivity contribution in [2.75, 3.05) is 18.5 Å².